The molecule has 0 fully saturated rings. The average Bonchev–Trinajstić information content (AvgIpc) is 2.51. The summed E-state index contributed by atoms with van der Waals surface area (Å²) in [5.74, 6) is 0.824. The summed E-state index contributed by atoms with van der Waals surface area (Å²) in [5.41, 5.74) is 1.41. The third-order valence-corrected chi connectivity index (χ3v) is 4.17. The summed E-state index contributed by atoms with van der Waals surface area (Å²) in [6.45, 7) is 6.69. The fourth-order valence-corrected chi connectivity index (χ4v) is 2.80. The van der Waals surface area contributed by atoms with Crippen molar-refractivity contribution in [3.63, 3.8) is 0 Å². The van der Waals surface area contributed by atoms with Crippen molar-refractivity contribution in [1.29, 1.82) is 0 Å². The van der Waals surface area contributed by atoms with Gasteiger partial charge in [-0.3, -0.25) is 0 Å². The van der Waals surface area contributed by atoms with Crippen LogP contribution in [0.3, 0.4) is 0 Å². The van der Waals surface area contributed by atoms with Crippen LogP contribution >= 0.6 is 0 Å². The summed E-state index contributed by atoms with van der Waals surface area (Å²) in [6, 6.07) is 15.2. The van der Waals surface area contributed by atoms with E-state index in [1.807, 2.05) is 0 Å². The Kier molecular flexibility index (Phi) is 6.07. The minimum atomic E-state index is 0.824. The second-order valence-electron chi connectivity index (χ2n) is 5.69. The highest BCUT2D eigenvalue weighted by atomic mass is 14.9. The molecule has 1 atom stereocenters. The van der Waals surface area contributed by atoms with Crippen LogP contribution in [0.4, 0.5) is 0 Å². The first kappa shape index (κ1) is 15.1. The van der Waals surface area contributed by atoms with Crippen molar-refractivity contribution in [2.45, 2.75) is 46.1 Å². The lowest BCUT2D eigenvalue weighted by atomic mass is 9.99. The molecule has 0 spiro atoms. The smallest absolute Gasteiger partial charge is 0.0211 e. The Bertz CT molecular complexity index is 513. The van der Waals surface area contributed by atoms with Crippen LogP contribution in [-0.2, 0) is 6.54 Å². The number of fused-ring (bicyclic) bond motifs is 1. The summed E-state index contributed by atoms with van der Waals surface area (Å²) in [7, 11) is 0. The van der Waals surface area contributed by atoms with Gasteiger partial charge in [-0.2, -0.15) is 0 Å². The predicted molar refractivity (Wildman–Crippen MR) is 89.0 cm³/mol. The quantitative estimate of drug-likeness (QED) is 0.699. The molecule has 0 saturated carbocycles. The SMILES string of the molecule is CCCCC(CC)CNCc1cccc2ccccc12. The molecule has 20 heavy (non-hydrogen) atoms. The van der Waals surface area contributed by atoms with Gasteiger partial charge in [-0.25, -0.2) is 0 Å². The van der Waals surface area contributed by atoms with E-state index >= 15 is 0 Å². The maximum Gasteiger partial charge on any atom is 0.0211 e. The zero-order valence-corrected chi connectivity index (χ0v) is 12.9. The van der Waals surface area contributed by atoms with Gasteiger partial charge in [0, 0.05) is 6.54 Å². The molecular weight excluding hydrogens is 242 g/mol. The Morgan fingerprint density at radius 1 is 1.00 bits per heavy atom. The highest BCUT2D eigenvalue weighted by Crippen LogP contribution is 2.18. The predicted octanol–water partition coefficient (Wildman–Crippen LogP) is 5.15. The number of benzene rings is 2. The third kappa shape index (κ3) is 4.08. The van der Waals surface area contributed by atoms with Gasteiger partial charge in [0.25, 0.3) is 0 Å². The van der Waals surface area contributed by atoms with Gasteiger partial charge < -0.3 is 5.32 Å². The average molecular weight is 269 g/mol. The molecule has 0 aliphatic carbocycles. The van der Waals surface area contributed by atoms with E-state index in [1.165, 1.54) is 42.0 Å². The van der Waals surface area contributed by atoms with Gasteiger partial charge in [0.05, 0.1) is 0 Å². The lowest BCUT2D eigenvalue weighted by Crippen LogP contribution is -2.22. The third-order valence-electron chi connectivity index (χ3n) is 4.17. The molecule has 0 saturated heterocycles. The monoisotopic (exact) mass is 269 g/mol. The van der Waals surface area contributed by atoms with Crippen LogP contribution in [0, 0.1) is 5.92 Å². The molecule has 0 bridgehead atoms. The first-order valence-corrected chi connectivity index (χ1v) is 8.02. The van der Waals surface area contributed by atoms with E-state index in [4.69, 9.17) is 0 Å². The van der Waals surface area contributed by atoms with Gasteiger partial charge in [-0.1, -0.05) is 75.6 Å². The zero-order chi connectivity index (χ0) is 14.2. The van der Waals surface area contributed by atoms with Crippen molar-refractivity contribution < 1.29 is 0 Å². The molecule has 0 heterocycles. The van der Waals surface area contributed by atoms with Gasteiger partial charge in [0.15, 0.2) is 0 Å². The van der Waals surface area contributed by atoms with Gasteiger partial charge in [-0.05, 0) is 35.2 Å². The molecule has 0 amide bonds. The number of hydrogen-bond donors (Lipinski definition) is 1. The summed E-state index contributed by atoms with van der Waals surface area (Å²) in [4.78, 5) is 0. The molecule has 2 aromatic rings. The van der Waals surface area contributed by atoms with Crippen LogP contribution in [0.15, 0.2) is 42.5 Å². The highest BCUT2D eigenvalue weighted by molar-refractivity contribution is 5.85. The molecule has 1 nitrogen and oxygen atoms in total. The second-order valence-corrected chi connectivity index (χ2v) is 5.69. The van der Waals surface area contributed by atoms with Crippen LogP contribution in [0.5, 0.6) is 0 Å². The maximum atomic E-state index is 3.65. The summed E-state index contributed by atoms with van der Waals surface area (Å²) in [5, 5.41) is 6.37. The van der Waals surface area contributed by atoms with E-state index in [0.29, 0.717) is 0 Å². The molecule has 108 valence electrons. The van der Waals surface area contributed by atoms with Crippen molar-refractivity contribution >= 4 is 10.8 Å². The van der Waals surface area contributed by atoms with E-state index in [0.717, 1.165) is 19.0 Å². The minimum Gasteiger partial charge on any atom is -0.312 e. The van der Waals surface area contributed by atoms with Crippen LogP contribution in [0.2, 0.25) is 0 Å². The van der Waals surface area contributed by atoms with E-state index in [-0.39, 0.29) is 0 Å². The Morgan fingerprint density at radius 3 is 2.60 bits per heavy atom. The van der Waals surface area contributed by atoms with Gasteiger partial charge in [0.1, 0.15) is 0 Å². The Morgan fingerprint density at radius 2 is 1.80 bits per heavy atom. The summed E-state index contributed by atoms with van der Waals surface area (Å²) < 4.78 is 0. The molecule has 0 radical (unpaired) electrons. The standard InChI is InChI=1S/C19H27N/c1-3-5-9-16(4-2)14-20-15-18-12-8-11-17-10-6-7-13-19(17)18/h6-8,10-13,16,20H,3-5,9,14-15H2,1-2H3. The molecule has 1 unspecified atom stereocenters. The normalized spacial score (nSPS) is 12.7. The Hall–Kier alpha value is -1.34. The maximum absolute atomic E-state index is 3.65. The Labute approximate surface area is 123 Å². The minimum absolute atomic E-state index is 0.824. The molecule has 2 aromatic carbocycles. The van der Waals surface area contributed by atoms with Crippen LogP contribution < -0.4 is 5.32 Å². The van der Waals surface area contributed by atoms with Crippen molar-refractivity contribution in [2.24, 2.45) is 5.92 Å². The molecule has 0 aliphatic heterocycles. The topological polar surface area (TPSA) is 12.0 Å². The lowest BCUT2D eigenvalue weighted by molar-refractivity contribution is 0.419. The van der Waals surface area contributed by atoms with Crippen molar-refractivity contribution in [2.75, 3.05) is 6.54 Å². The molecule has 1 N–H and O–H groups in total. The number of rotatable bonds is 8. The number of hydrogen-bond acceptors (Lipinski definition) is 1. The van der Waals surface area contributed by atoms with Crippen LogP contribution in [0.25, 0.3) is 10.8 Å². The van der Waals surface area contributed by atoms with Crippen LogP contribution in [0.1, 0.15) is 45.1 Å². The van der Waals surface area contributed by atoms with Crippen LogP contribution in [-0.4, -0.2) is 6.54 Å². The molecular formula is C19H27N. The fraction of sp³-hybridized carbons (Fsp3) is 0.474. The van der Waals surface area contributed by atoms with E-state index < -0.39 is 0 Å². The summed E-state index contributed by atoms with van der Waals surface area (Å²) in [6.07, 6.45) is 5.30. The zero-order valence-electron chi connectivity index (χ0n) is 12.9. The largest absolute Gasteiger partial charge is 0.312 e. The van der Waals surface area contributed by atoms with Gasteiger partial charge in [-0.15, -0.1) is 0 Å². The first-order valence-electron chi connectivity index (χ1n) is 8.02. The van der Waals surface area contributed by atoms with E-state index in [9.17, 15) is 0 Å². The van der Waals surface area contributed by atoms with Crippen molar-refractivity contribution in [3.05, 3.63) is 48.0 Å². The molecule has 0 aliphatic rings. The highest BCUT2D eigenvalue weighted by Gasteiger charge is 2.06. The molecule has 2 rings (SSSR count). The first-order chi connectivity index (χ1) is 9.85. The van der Waals surface area contributed by atoms with Crippen molar-refractivity contribution in [3.8, 4) is 0 Å². The van der Waals surface area contributed by atoms with Gasteiger partial charge in [0.2, 0.25) is 0 Å². The number of unbranched alkanes of at least 4 members (excludes halogenated alkanes) is 1. The van der Waals surface area contributed by atoms with E-state index in [2.05, 4.69) is 61.6 Å². The fourth-order valence-electron chi connectivity index (χ4n) is 2.80. The lowest BCUT2D eigenvalue weighted by Gasteiger charge is -2.16. The van der Waals surface area contributed by atoms with Gasteiger partial charge >= 0.3 is 0 Å². The molecule has 1 heteroatoms. The van der Waals surface area contributed by atoms with E-state index in [1.54, 1.807) is 0 Å². The molecule has 0 aromatic heterocycles. The second kappa shape index (κ2) is 8.06. The number of nitrogens with one attached hydrogen (secondary N) is 1. The van der Waals surface area contributed by atoms with Crippen molar-refractivity contribution in [1.82, 2.24) is 5.32 Å². The summed E-state index contributed by atoms with van der Waals surface area (Å²) >= 11 is 0. The Balaban J connectivity index is 1.92.